The van der Waals surface area contributed by atoms with Crippen molar-refractivity contribution in [3.8, 4) is 0 Å². The van der Waals surface area contributed by atoms with E-state index < -0.39 is 0 Å². The van der Waals surface area contributed by atoms with Crippen molar-refractivity contribution in [2.75, 3.05) is 47.8 Å². The number of benzene rings is 2. The van der Waals surface area contributed by atoms with E-state index in [0.717, 1.165) is 68.5 Å². The molecule has 0 radical (unpaired) electrons. The van der Waals surface area contributed by atoms with Gasteiger partial charge in [0.25, 0.3) is 0 Å². The molecule has 6 nitrogen and oxygen atoms in total. The molecule has 2 aromatic carbocycles. The predicted molar refractivity (Wildman–Crippen MR) is 132 cm³/mol. The van der Waals surface area contributed by atoms with Crippen molar-refractivity contribution in [3.05, 3.63) is 64.8 Å². The smallest absolute Gasteiger partial charge is 0.244 e. The highest BCUT2D eigenvalue weighted by atomic mass is 35.5. The number of carbonyl (C=O) groups excluding carboxylic acids is 1. The topological polar surface area (TPSA) is 51.2 Å². The summed E-state index contributed by atoms with van der Waals surface area (Å²) < 4.78 is 0. The third-order valence-corrected chi connectivity index (χ3v) is 7.05. The van der Waals surface area contributed by atoms with Gasteiger partial charge in [-0.1, -0.05) is 29.3 Å². The van der Waals surface area contributed by atoms with Gasteiger partial charge in [-0.3, -0.25) is 9.69 Å². The molecular weight excluding hydrogens is 445 g/mol. The third kappa shape index (κ3) is 4.35. The van der Waals surface area contributed by atoms with E-state index in [1.54, 1.807) is 0 Å². The van der Waals surface area contributed by atoms with Gasteiger partial charge >= 0.3 is 0 Å². The van der Waals surface area contributed by atoms with Crippen molar-refractivity contribution in [2.24, 2.45) is 4.99 Å². The zero-order chi connectivity index (χ0) is 22.1. The first-order valence-corrected chi connectivity index (χ1v) is 11.7. The number of amidine groups is 1. The first-order chi connectivity index (χ1) is 15.6. The lowest BCUT2D eigenvalue weighted by Crippen LogP contribution is -2.52. The van der Waals surface area contributed by atoms with E-state index >= 15 is 0 Å². The van der Waals surface area contributed by atoms with Gasteiger partial charge in [-0.05, 0) is 48.9 Å². The van der Waals surface area contributed by atoms with E-state index in [4.69, 9.17) is 23.2 Å². The zero-order valence-corrected chi connectivity index (χ0v) is 19.2. The van der Waals surface area contributed by atoms with Crippen molar-refractivity contribution >= 4 is 52.0 Å². The van der Waals surface area contributed by atoms with Crippen LogP contribution in [0.15, 0.2) is 59.7 Å². The molecule has 2 fully saturated rings. The number of anilines is 3. The summed E-state index contributed by atoms with van der Waals surface area (Å²) in [6.07, 6.45) is 5.51. The molecule has 32 heavy (non-hydrogen) atoms. The fraction of sp³-hybridized carbons (Fsp3) is 0.333. The Bertz CT molecular complexity index is 1060. The molecule has 3 aliphatic rings. The number of halogens is 2. The van der Waals surface area contributed by atoms with E-state index in [9.17, 15) is 4.79 Å². The number of amides is 1. The quantitative estimate of drug-likeness (QED) is 0.707. The second-order valence-electron chi connectivity index (χ2n) is 8.25. The van der Waals surface area contributed by atoms with Crippen LogP contribution in [0.1, 0.15) is 12.8 Å². The van der Waals surface area contributed by atoms with Gasteiger partial charge in [-0.25, -0.2) is 4.99 Å². The molecule has 1 amide bonds. The average Bonchev–Trinajstić information content (AvgIpc) is 3.46. The monoisotopic (exact) mass is 469 g/mol. The van der Waals surface area contributed by atoms with Crippen LogP contribution in [0.2, 0.25) is 10.0 Å². The Labute approximate surface area is 198 Å². The fourth-order valence-electron chi connectivity index (χ4n) is 4.57. The summed E-state index contributed by atoms with van der Waals surface area (Å²) in [6.45, 7) is 4.18. The van der Waals surface area contributed by atoms with Crippen molar-refractivity contribution in [1.29, 1.82) is 0 Å². The molecule has 0 spiro atoms. The van der Waals surface area contributed by atoms with Crippen LogP contribution in [0.4, 0.5) is 17.1 Å². The Hall–Kier alpha value is -2.54. The van der Waals surface area contributed by atoms with Crippen molar-refractivity contribution in [2.45, 2.75) is 18.9 Å². The first-order valence-electron chi connectivity index (χ1n) is 10.9. The maximum absolute atomic E-state index is 13.2. The number of rotatable bonds is 4. The average molecular weight is 470 g/mol. The van der Waals surface area contributed by atoms with Crippen LogP contribution in [-0.2, 0) is 4.79 Å². The Kier molecular flexibility index (Phi) is 6.09. The predicted octanol–water partition coefficient (Wildman–Crippen LogP) is 4.65. The highest BCUT2D eigenvalue weighted by molar-refractivity contribution is 6.42. The lowest BCUT2D eigenvalue weighted by molar-refractivity contribution is -0.121. The van der Waals surface area contributed by atoms with Crippen molar-refractivity contribution < 1.29 is 4.79 Å². The van der Waals surface area contributed by atoms with E-state index in [1.165, 1.54) is 0 Å². The molecule has 0 saturated carbocycles. The molecule has 166 valence electrons. The van der Waals surface area contributed by atoms with Gasteiger partial charge in [0.2, 0.25) is 5.91 Å². The standard InChI is InChI=1S/C24H25Cl2N5O/c25-20-8-7-19(16-21(20)26)29-12-14-30(15-13-29)22-9-11-31(24(22)32)18-5-3-17(4-6-18)28-23-2-1-10-27-23/h1,3-8,10,16,22H,2,9,11-15H2,(H,27,28)/t22-/m0/s1. The number of aliphatic imine (C=N–C) groups is 1. The molecule has 2 aromatic rings. The maximum atomic E-state index is 13.2. The number of hydrogen-bond donors (Lipinski definition) is 1. The van der Waals surface area contributed by atoms with Crippen LogP contribution >= 0.6 is 23.2 Å². The lowest BCUT2D eigenvalue weighted by Gasteiger charge is -2.38. The minimum atomic E-state index is -0.0531. The highest BCUT2D eigenvalue weighted by Crippen LogP contribution is 2.30. The molecule has 1 atom stereocenters. The SMILES string of the molecule is O=C1[C@@H](N2CCN(c3ccc(Cl)c(Cl)c3)CC2)CCN1c1ccc(NC2=NC=CC2)cc1. The van der Waals surface area contributed by atoms with Gasteiger partial charge < -0.3 is 15.1 Å². The number of hydrogen-bond acceptors (Lipinski definition) is 5. The van der Waals surface area contributed by atoms with Gasteiger partial charge in [-0.2, -0.15) is 0 Å². The minimum absolute atomic E-state index is 0.0531. The zero-order valence-electron chi connectivity index (χ0n) is 17.7. The third-order valence-electron chi connectivity index (χ3n) is 6.32. The molecule has 5 rings (SSSR count). The van der Waals surface area contributed by atoms with Crippen molar-refractivity contribution in [1.82, 2.24) is 4.90 Å². The molecule has 0 aromatic heterocycles. The Morgan fingerprint density at radius 2 is 1.66 bits per heavy atom. The molecular formula is C24H25Cl2N5O. The Balaban J connectivity index is 1.18. The second-order valence-corrected chi connectivity index (χ2v) is 9.07. The van der Waals surface area contributed by atoms with E-state index in [-0.39, 0.29) is 11.9 Å². The molecule has 3 aliphatic heterocycles. The maximum Gasteiger partial charge on any atom is 0.244 e. The van der Waals surface area contributed by atoms with E-state index in [1.807, 2.05) is 59.6 Å². The van der Waals surface area contributed by atoms with E-state index in [0.29, 0.717) is 10.0 Å². The summed E-state index contributed by atoms with van der Waals surface area (Å²) in [5.74, 6) is 1.13. The Morgan fingerprint density at radius 3 is 2.34 bits per heavy atom. The summed E-state index contributed by atoms with van der Waals surface area (Å²) in [5.41, 5.74) is 3.01. The van der Waals surface area contributed by atoms with Gasteiger partial charge in [0, 0.05) is 62.4 Å². The van der Waals surface area contributed by atoms with Gasteiger partial charge in [0.1, 0.15) is 5.84 Å². The summed E-state index contributed by atoms with van der Waals surface area (Å²) >= 11 is 12.2. The van der Waals surface area contributed by atoms with Crippen LogP contribution in [0.3, 0.4) is 0 Å². The molecule has 8 heteroatoms. The molecule has 1 N–H and O–H groups in total. The van der Waals surface area contributed by atoms with Gasteiger partial charge in [0.05, 0.1) is 16.1 Å². The van der Waals surface area contributed by atoms with Crippen molar-refractivity contribution in [3.63, 3.8) is 0 Å². The molecule has 3 heterocycles. The summed E-state index contributed by atoms with van der Waals surface area (Å²) in [6, 6.07) is 13.7. The van der Waals surface area contributed by atoms with Crippen LogP contribution in [0, 0.1) is 0 Å². The van der Waals surface area contributed by atoms with Gasteiger partial charge in [-0.15, -0.1) is 0 Å². The summed E-state index contributed by atoms with van der Waals surface area (Å²) in [5, 5.41) is 4.45. The minimum Gasteiger partial charge on any atom is -0.369 e. The molecule has 0 unspecified atom stereocenters. The number of nitrogens with one attached hydrogen (secondary N) is 1. The number of carbonyl (C=O) groups is 1. The van der Waals surface area contributed by atoms with Gasteiger partial charge in [0.15, 0.2) is 0 Å². The van der Waals surface area contributed by atoms with E-state index in [2.05, 4.69) is 20.1 Å². The fourth-order valence-corrected chi connectivity index (χ4v) is 4.86. The van der Waals surface area contributed by atoms with Crippen LogP contribution in [0.5, 0.6) is 0 Å². The molecule has 2 saturated heterocycles. The number of piperazine rings is 1. The summed E-state index contributed by atoms with van der Waals surface area (Å²) in [4.78, 5) is 24.0. The molecule has 0 bridgehead atoms. The van der Waals surface area contributed by atoms with Crippen LogP contribution in [-0.4, -0.2) is 55.4 Å². The number of nitrogens with zero attached hydrogens (tertiary/aromatic N) is 4. The molecule has 0 aliphatic carbocycles. The first kappa shape index (κ1) is 21.3. The second kappa shape index (κ2) is 9.14. The highest BCUT2D eigenvalue weighted by Gasteiger charge is 2.37. The largest absolute Gasteiger partial charge is 0.369 e. The normalized spacial score (nSPS) is 21.4. The Morgan fingerprint density at radius 1 is 0.906 bits per heavy atom. The van der Waals surface area contributed by atoms with Crippen LogP contribution < -0.4 is 15.1 Å². The lowest BCUT2D eigenvalue weighted by atomic mass is 10.1. The summed E-state index contributed by atoms with van der Waals surface area (Å²) in [7, 11) is 0. The van der Waals surface area contributed by atoms with Crippen LogP contribution in [0.25, 0.3) is 0 Å².